The average Bonchev–Trinajstić information content (AvgIpc) is 2.75. The van der Waals surface area contributed by atoms with Crippen molar-refractivity contribution in [2.75, 3.05) is 13.2 Å². The maximum Gasteiger partial charge on any atom is 0.308 e. The van der Waals surface area contributed by atoms with Crippen molar-refractivity contribution in [3.05, 3.63) is 48.0 Å². The van der Waals surface area contributed by atoms with Gasteiger partial charge in [0.25, 0.3) is 0 Å². The van der Waals surface area contributed by atoms with Crippen LogP contribution in [0.25, 0.3) is 10.8 Å². The molecule has 2 aromatic rings. The van der Waals surface area contributed by atoms with E-state index in [4.69, 9.17) is 19.9 Å². The molecule has 2 rings (SSSR count). The van der Waals surface area contributed by atoms with Crippen molar-refractivity contribution >= 4 is 22.6 Å². The summed E-state index contributed by atoms with van der Waals surface area (Å²) in [4.78, 5) is 27.5. The van der Waals surface area contributed by atoms with E-state index in [-0.39, 0.29) is 12.3 Å². The van der Waals surface area contributed by atoms with Crippen molar-refractivity contribution in [2.24, 2.45) is 5.73 Å². The molecule has 0 aliphatic heterocycles. The van der Waals surface area contributed by atoms with Gasteiger partial charge < -0.3 is 24.8 Å². The van der Waals surface area contributed by atoms with Crippen LogP contribution in [0.2, 0.25) is 0 Å². The summed E-state index contributed by atoms with van der Waals surface area (Å²) < 4.78 is 16.9. The number of hydrogen-bond acceptors (Lipinski definition) is 6. The van der Waals surface area contributed by atoms with Crippen molar-refractivity contribution in [3.63, 3.8) is 0 Å². The molecule has 2 atom stereocenters. The Labute approximate surface area is 197 Å². The van der Waals surface area contributed by atoms with Crippen LogP contribution in [0.15, 0.2) is 42.5 Å². The second-order valence-electron chi connectivity index (χ2n) is 9.02. The minimum absolute atomic E-state index is 0.206. The SMILES string of the molecule is CCOC(OCC)C(C)N(Cc1cccc2ccccc12)C(=O)C(N)CC(=O)OC(C)(C)C. The lowest BCUT2D eigenvalue weighted by Crippen LogP contribution is -2.53. The van der Waals surface area contributed by atoms with E-state index >= 15 is 0 Å². The quantitative estimate of drug-likeness (QED) is 0.404. The van der Waals surface area contributed by atoms with E-state index < -0.39 is 29.9 Å². The van der Waals surface area contributed by atoms with Crippen LogP contribution >= 0.6 is 0 Å². The molecule has 1 amide bonds. The summed E-state index contributed by atoms with van der Waals surface area (Å²) in [5, 5.41) is 2.13. The highest BCUT2D eigenvalue weighted by Gasteiger charge is 2.33. The lowest BCUT2D eigenvalue weighted by molar-refractivity contribution is -0.180. The number of ether oxygens (including phenoxy) is 3. The van der Waals surface area contributed by atoms with E-state index in [1.165, 1.54) is 0 Å². The smallest absolute Gasteiger partial charge is 0.308 e. The molecule has 2 N–H and O–H groups in total. The number of benzene rings is 2. The molecule has 2 aromatic carbocycles. The molecular weight excluding hydrogens is 420 g/mol. The zero-order valence-corrected chi connectivity index (χ0v) is 20.7. The van der Waals surface area contributed by atoms with Gasteiger partial charge in [-0.3, -0.25) is 9.59 Å². The number of nitrogens with two attached hydrogens (primary N) is 1. The molecule has 0 saturated heterocycles. The number of amides is 1. The minimum Gasteiger partial charge on any atom is -0.460 e. The molecule has 0 aliphatic carbocycles. The zero-order chi connectivity index (χ0) is 24.6. The number of nitrogens with zero attached hydrogens (tertiary/aromatic N) is 1. The van der Waals surface area contributed by atoms with Crippen LogP contribution in [0.3, 0.4) is 0 Å². The Morgan fingerprint density at radius 1 is 1.00 bits per heavy atom. The molecule has 0 spiro atoms. The summed E-state index contributed by atoms with van der Waals surface area (Å²) in [6.45, 7) is 12.2. The fourth-order valence-electron chi connectivity index (χ4n) is 3.70. The summed E-state index contributed by atoms with van der Waals surface area (Å²) in [7, 11) is 0. The van der Waals surface area contributed by atoms with Crippen LogP contribution in [-0.4, -0.2) is 54.0 Å². The van der Waals surface area contributed by atoms with Gasteiger partial charge in [-0.05, 0) is 57.9 Å². The first-order chi connectivity index (χ1) is 15.6. The molecule has 0 bridgehead atoms. The molecular formula is C26H38N2O5. The number of fused-ring (bicyclic) bond motifs is 1. The maximum atomic E-state index is 13.5. The first kappa shape index (κ1) is 26.8. The van der Waals surface area contributed by atoms with E-state index in [0.717, 1.165) is 16.3 Å². The first-order valence-electron chi connectivity index (χ1n) is 11.5. The van der Waals surface area contributed by atoms with Gasteiger partial charge in [-0.15, -0.1) is 0 Å². The van der Waals surface area contributed by atoms with E-state index in [1.54, 1.807) is 25.7 Å². The summed E-state index contributed by atoms with van der Waals surface area (Å²) in [6, 6.07) is 12.5. The van der Waals surface area contributed by atoms with Gasteiger partial charge in [-0.1, -0.05) is 42.5 Å². The Hall–Kier alpha value is -2.48. The van der Waals surface area contributed by atoms with Gasteiger partial charge in [0.15, 0.2) is 6.29 Å². The lowest BCUT2D eigenvalue weighted by atomic mass is 10.0. The van der Waals surface area contributed by atoms with E-state index in [1.807, 2.05) is 63.2 Å². The lowest BCUT2D eigenvalue weighted by Gasteiger charge is -2.36. The monoisotopic (exact) mass is 458 g/mol. The van der Waals surface area contributed by atoms with Gasteiger partial charge >= 0.3 is 5.97 Å². The standard InChI is InChI=1S/C26H38N2O5/c1-7-31-25(32-8-2)18(3)28(24(30)22(27)16-23(29)33-26(4,5)6)17-20-14-11-13-19-12-9-10-15-21(19)20/h9-15,18,22,25H,7-8,16-17,27H2,1-6H3. The fraction of sp³-hybridized carbons (Fsp3) is 0.538. The van der Waals surface area contributed by atoms with E-state index in [0.29, 0.717) is 19.8 Å². The summed E-state index contributed by atoms with van der Waals surface area (Å²) in [5.41, 5.74) is 6.54. The molecule has 0 saturated carbocycles. The molecule has 7 nitrogen and oxygen atoms in total. The Bertz CT molecular complexity index is 913. The van der Waals surface area contributed by atoms with E-state index in [9.17, 15) is 9.59 Å². The van der Waals surface area contributed by atoms with Crippen molar-refractivity contribution in [1.29, 1.82) is 0 Å². The predicted molar refractivity (Wildman–Crippen MR) is 129 cm³/mol. The molecule has 0 fully saturated rings. The van der Waals surface area contributed by atoms with Crippen molar-refractivity contribution in [1.82, 2.24) is 4.90 Å². The highest BCUT2D eigenvalue weighted by molar-refractivity contribution is 5.88. The van der Waals surface area contributed by atoms with Crippen molar-refractivity contribution in [3.8, 4) is 0 Å². The van der Waals surface area contributed by atoms with E-state index in [2.05, 4.69) is 0 Å². The third-order valence-corrected chi connectivity index (χ3v) is 5.17. The van der Waals surface area contributed by atoms with Crippen LogP contribution in [0.5, 0.6) is 0 Å². The van der Waals surface area contributed by atoms with Crippen LogP contribution in [-0.2, 0) is 30.3 Å². The fourth-order valence-corrected chi connectivity index (χ4v) is 3.70. The first-order valence-corrected chi connectivity index (χ1v) is 11.5. The third-order valence-electron chi connectivity index (χ3n) is 5.17. The third kappa shape index (κ3) is 7.81. The largest absolute Gasteiger partial charge is 0.460 e. The molecule has 0 aromatic heterocycles. The predicted octanol–water partition coefficient (Wildman–Crippen LogP) is 4.02. The Kier molecular flexibility index (Phi) is 9.83. The molecule has 0 heterocycles. The topological polar surface area (TPSA) is 91.1 Å². The van der Waals surface area contributed by atoms with Crippen molar-refractivity contribution < 1.29 is 23.8 Å². The molecule has 2 unspecified atom stereocenters. The van der Waals surface area contributed by atoms with Gasteiger partial charge in [0.05, 0.1) is 18.5 Å². The van der Waals surface area contributed by atoms with Crippen LogP contribution in [0, 0.1) is 0 Å². The van der Waals surface area contributed by atoms with Gasteiger partial charge in [0.1, 0.15) is 5.60 Å². The van der Waals surface area contributed by atoms with Crippen LogP contribution < -0.4 is 5.73 Å². The molecule has 7 heteroatoms. The summed E-state index contributed by atoms with van der Waals surface area (Å²) in [6.07, 6.45) is -0.823. The number of rotatable bonds is 11. The summed E-state index contributed by atoms with van der Waals surface area (Å²) >= 11 is 0. The second kappa shape index (κ2) is 12.1. The Balaban J connectivity index is 2.35. The second-order valence-corrected chi connectivity index (χ2v) is 9.02. The number of carbonyl (C=O) groups is 2. The Morgan fingerprint density at radius 2 is 1.61 bits per heavy atom. The minimum atomic E-state index is -1.04. The van der Waals surface area contributed by atoms with Gasteiger partial charge in [0.2, 0.25) is 5.91 Å². The number of hydrogen-bond donors (Lipinski definition) is 1. The van der Waals surface area contributed by atoms with Gasteiger partial charge in [-0.2, -0.15) is 0 Å². The summed E-state index contributed by atoms with van der Waals surface area (Å²) in [5.74, 6) is -0.863. The van der Waals surface area contributed by atoms with Gasteiger partial charge in [-0.25, -0.2) is 0 Å². The van der Waals surface area contributed by atoms with Crippen LogP contribution in [0.1, 0.15) is 53.5 Å². The molecule has 33 heavy (non-hydrogen) atoms. The van der Waals surface area contributed by atoms with Crippen molar-refractivity contribution in [2.45, 2.75) is 78.5 Å². The number of esters is 1. The molecule has 0 aliphatic rings. The molecule has 182 valence electrons. The Morgan fingerprint density at radius 3 is 2.21 bits per heavy atom. The highest BCUT2D eigenvalue weighted by atomic mass is 16.7. The molecule has 0 radical (unpaired) electrons. The normalized spacial score (nSPS) is 13.7. The average molecular weight is 459 g/mol. The van der Waals surface area contributed by atoms with Gasteiger partial charge in [0, 0.05) is 19.8 Å². The number of carbonyl (C=O) groups excluding carboxylic acids is 2. The highest BCUT2D eigenvalue weighted by Crippen LogP contribution is 2.23. The maximum absolute atomic E-state index is 13.5. The van der Waals surface area contributed by atoms with Crippen LogP contribution in [0.4, 0.5) is 0 Å². The zero-order valence-electron chi connectivity index (χ0n) is 20.7.